The van der Waals surface area contributed by atoms with E-state index in [0.29, 0.717) is 37.4 Å². The SMILES string of the molecule is CCOC(=O)c1ccc(-n2cc(C#N)c(CCOCc3ccccc3)c2)cc1. The number of ether oxygens (including phenoxy) is 2. The molecule has 0 saturated heterocycles. The van der Waals surface area contributed by atoms with Crippen LogP contribution < -0.4 is 0 Å². The van der Waals surface area contributed by atoms with Gasteiger partial charge in [0.1, 0.15) is 6.07 Å². The summed E-state index contributed by atoms with van der Waals surface area (Å²) >= 11 is 0. The second-order valence-corrected chi connectivity index (χ2v) is 6.27. The number of rotatable bonds is 8. The van der Waals surface area contributed by atoms with E-state index >= 15 is 0 Å². The first-order valence-corrected chi connectivity index (χ1v) is 9.21. The number of carbonyl (C=O) groups excluding carboxylic acids is 1. The highest BCUT2D eigenvalue weighted by atomic mass is 16.5. The van der Waals surface area contributed by atoms with Crippen molar-refractivity contribution in [3.63, 3.8) is 0 Å². The Balaban J connectivity index is 1.63. The lowest BCUT2D eigenvalue weighted by Crippen LogP contribution is -2.04. The largest absolute Gasteiger partial charge is 0.462 e. The fraction of sp³-hybridized carbons (Fsp3) is 0.217. The number of hydrogen-bond donors (Lipinski definition) is 0. The molecule has 0 unspecified atom stereocenters. The summed E-state index contributed by atoms with van der Waals surface area (Å²) in [5, 5.41) is 9.42. The van der Waals surface area contributed by atoms with E-state index in [1.807, 2.05) is 53.2 Å². The first-order chi connectivity index (χ1) is 13.7. The normalized spacial score (nSPS) is 10.4. The van der Waals surface area contributed by atoms with Gasteiger partial charge in [0.25, 0.3) is 0 Å². The predicted octanol–water partition coefficient (Wildman–Crippen LogP) is 4.28. The quantitative estimate of drug-likeness (QED) is 0.436. The Morgan fingerprint density at radius 2 is 1.82 bits per heavy atom. The van der Waals surface area contributed by atoms with Crippen LogP contribution in [-0.4, -0.2) is 23.8 Å². The molecule has 0 aliphatic heterocycles. The number of aromatic nitrogens is 1. The Morgan fingerprint density at radius 1 is 1.07 bits per heavy atom. The molecule has 3 aromatic rings. The van der Waals surface area contributed by atoms with E-state index in [4.69, 9.17) is 9.47 Å². The first-order valence-electron chi connectivity index (χ1n) is 9.21. The van der Waals surface area contributed by atoms with Gasteiger partial charge in [-0.3, -0.25) is 0 Å². The van der Waals surface area contributed by atoms with Crippen molar-refractivity contribution in [2.24, 2.45) is 0 Å². The Hall–Kier alpha value is -3.36. The van der Waals surface area contributed by atoms with Gasteiger partial charge in [0.15, 0.2) is 0 Å². The standard InChI is InChI=1S/C23H22N2O3/c1-2-28-23(26)19-8-10-22(11-9-19)25-15-20(21(14-24)16-25)12-13-27-17-18-6-4-3-5-7-18/h3-11,15-16H,2,12-13,17H2,1H3. The minimum atomic E-state index is -0.337. The molecule has 0 saturated carbocycles. The molecule has 0 aliphatic rings. The molecule has 5 nitrogen and oxygen atoms in total. The van der Waals surface area contributed by atoms with Crippen molar-refractivity contribution >= 4 is 5.97 Å². The summed E-state index contributed by atoms with van der Waals surface area (Å²) in [5.74, 6) is -0.337. The third kappa shape index (κ3) is 4.87. The number of benzene rings is 2. The maximum Gasteiger partial charge on any atom is 0.338 e. The molecule has 0 fully saturated rings. The highest BCUT2D eigenvalue weighted by Gasteiger charge is 2.10. The maximum absolute atomic E-state index is 11.8. The van der Waals surface area contributed by atoms with Gasteiger partial charge in [0, 0.05) is 18.1 Å². The van der Waals surface area contributed by atoms with Crippen LogP contribution in [0.15, 0.2) is 67.0 Å². The van der Waals surface area contributed by atoms with E-state index in [2.05, 4.69) is 6.07 Å². The van der Waals surface area contributed by atoms with Crippen LogP contribution in [0, 0.1) is 11.3 Å². The van der Waals surface area contributed by atoms with E-state index in [1.165, 1.54) is 0 Å². The summed E-state index contributed by atoms with van der Waals surface area (Å²) in [4.78, 5) is 11.8. The lowest BCUT2D eigenvalue weighted by Gasteiger charge is -2.05. The van der Waals surface area contributed by atoms with Crippen molar-refractivity contribution in [1.82, 2.24) is 4.57 Å². The zero-order valence-corrected chi connectivity index (χ0v) is 15.8. The number of hydrogen-bond acceptors (Lipinski definition) is 4. The molecule has 3 rings (SSSR count). The smallest absolute Gasteiger partial charge is 0.338 e. The molecule has 1 aromatic heterocycles. The maximum atomic E-state index is 11.8. The fourth-order valence-electron chi connectivity index (χ4n) is 2.88. The van der Waals surface area contributed by atoms with Crippen LogP contribution in [0.2, 0.25) is 0 Å². The summed E-state index contributed by atoms with van der Waals surface area (Å²) < 4.78 is 12.6. The van der Waals surface area contributed by atoms with Crippen molar-refractivity contribution in [3.8, 4) is 11.8 Å². The number of nitrogens with zero attached hydrogens (tertiary/aromatic N) is 2. The number of carbonyl (C=O) groups is 1. The van der Waals surface area contributed by atoms with Crippen LogP contribution in [0.4, 0.5) is 0 Å². The van der Waals surface area contributed by atoms with Gasteiger partial charge in [-0.15, -0.1) is 0 Å². The lowest BCUT2D eigenvalue weighted by atomic mass is 10.1. The molecule has 0 N–H and O–H groups in total. The van der Waals surface area contributed by atoms with Crippen LogP contribution in [0.3, 0.4) is 0 Å². The molecule has 0 aliphatic carbocycles. The second kappa shape index (κ2) is 9.54. The minimum Gasteiger partial charge on any atom is -0.462 e. The van der Waals surface area contributed by atoms with Gasteiger partial charge in [-0.1, -0.05) is 30.3 Å². The van der Waals surface area contributed by atoms with Gasteiger partial charge in [-0.2, -0.15) is 5.26 Å². The zero-order chi connectivity index (χ0) is 19.8. The Bertz CT molecular complexity index is 954. The molecule has 0 atom stereocenters. The number of nitriles is 1. The highest BCUT2D eigenvalue weighted by molar-refractivity contribution is 5.89. The van der Waals surface area contributed by atoms with Gasteiger partial charge in [-0.05, 0) is 48.7 Å². The molecule has 2 aromatic carbocycles. The van der Waals surface area contributed by atoms with Gasteiger partial charge < -0.3 is 14.0 Å². The van der Waals surface area contributed by atoms with Gasteiger partial charge in [0.2, 0.25) is 0 Å². The number of esters is 1. The van der Waals surface area contributed by atoms with Crippen molar-refractivity contribution in [2.75, 3.05) is 13.2 Å². The van der Waals surface area contributed by atoms with Crippen LogP contribution in [0.5, 0.6) is 0 Å². The van der Waals surface area contributed by atoms with Gasteiger partial charge >= 0.3 is 5.97 Å². The molecule has 0 bridgehead atoms. The van der Waals surface area contributed by atoms with Crippen molar-refractivity contribution in [1.29, 1.82) is 5.26 Å². The third-order valence-corrected chi connectivity index (χ3v) is 4.33. The summed E-state index contributed by atoms with van der Waals surface area (Å²) in [7, 11) is 0. The summed E-state index contributed by atoms with van der Waals surface area (Å²) in [5.41, 5.74) is 4.07. The minimum absolute atomic E-state index is 0.337. The molecule has 0 spiro atoms. The molecule has 142 valence electrons. The average Bonchev–Trinajstić information content (AvgIpc) is 3.15. The summed E-state index contributed by atoms with van der Waals surface area (Å²) in [6, 6.07) is 19.4. The molecule has 0 radical (unpaired) electrons. The Labute approximate surface area is 164 Å². The van der Waals surface area contributed by atoms with Crippen molar-refractivity contribution < 1.29 is 14.3 Å². The van der Waals surface area contributed by atoms with E-state index in [-0.39, 0.29) is 5.97 Å². The molecule has 1 heterocycles. The van der Waals surface area contributed by atoms with Crippen LogP contribution in [0.25, 0.3) is 5.69 Å². The first kappa shape index (κ1) is 19.4. The molecular formula is C23H22N2O3. The van der Waals surface area contributed by atoms with Crippen LogP contribution in [-0.2, 0) is 22.5 Å². The lowest BCUT2D eigenvalue weighted by molar-refractivity contribution is 0.0526. The predicted molar refractivity (Wildman–Crippen MR) is 106 cm³/mol. The molecule has 28 heavy (non-hydrogen) atoms. The Morgan fingerprint density at radius 3 is 2.50 bits per heavy atom. The van der Waals surface area contributed by atoms with Crippen molar-refractivity contribution in [3.05, 3.63) is 89.2 Å². The van der Waals surface area contributed by atoms with E-state index in [9.17, 15) is 10.1 Å². The van der Waals surface area contributed by atoms with E-state index in [1.54, 1.807) is 25.3 Å². The highest BCUT2D eigenvalue weighted by Crippen LogP contribution is 2.17. The Kier molecular flexibility index (Phi) is 6.61. The van der Waals surface area contributed by atoms with Crippen LogP contribution >= 0.6 is 0 Å². The zero-order valence-electron chi connectivity index (χ0n) is 15.8. The van der Waals surface area contributed by atoms with Gasteiger partial charge in [0.05, 0.1) is 30.9 Å². The van der Waals surface area contributed by atoms with Crippen molar-refractivity contribution in [2.45, 2.75) is 20.0 Å². The van der Waals surface area contributed by atoms with Gasteiger partial charge in [-0.25, -0.2) is 4.79 Å². The summed E-state index contributed by atoms with van der Waals surface area (Å²) in [6.45, 7) is 3.22. The molecular weight excluding hydrogens is 352 g/mol. The summed E-state index contributed by atoms with van der Waals surface area (Å²) in [6.07, 6.45) is 4.39. The van der Waals surface area contributed by atoms with E-state index < -0.39 is 0 Å². The average molecular weight is 374 g/mol. The molecule has 0 amide bonds. The van der Waals surface area contributed by atoms with E-state index in [0.717, 1.165) is 16.8 Å². The second-order valence-electron chi connectivity index (χ2n) is 6.27. The fourth-order valence-corrected chi connectivity index (χ4v) is 2.88. The third-order valence-electron chi connectivity index (χ3n) is 4.33. The monoisotopic (exact) mass is 374 g/mol. The molecule has 5 heteroatoms. The topological polar surface area (TPSA) is 64.2 Å². The van der Waals surface area contributed by atoms with Crippen LogP contribution in [0.1, 0.15) is 34.0 Å².